The maximum atomic E-state index is 11.0. The number of nitrogens with two attached hydrogens (primary N) is 1. The summed E-state index contributed by atoms with van der Waals surface area (Å²) in [5.41, 5.74) is 5.89. The molecule has 1 saturated heterocycles. The fourth-order valence-electron chi connectivity index (χ4n) is 3.09. The highest BCUT2D eigenvalue weighted by molar-refractivity contribution is 8.00. The molecule has 1 spiro atoms. The Labute approximate surface area is 119 Å². The second-order valence-electron chi connectivity index (χ2n) is 6.40. The van der Waals surface area contributed by atoms with Crippen LogP contribution < -0.4 is 5.73 Å². The first kappa shape index (κ1) is 15.1. The van der Waals surface area contributed by atoms with Crippen LogP contribution in [0.2, 0.25) is 0 Å². The van der Waals surface area contributed by atoms with Gasteiger partial charge in [0.1, 0.15) is 6.04 Å². The van der Waals surface area contributed by atoms with Gasteiger partial charge in [0, 0.05) is 10.5 Å². The number of aliphatic carboxylic acids is 1. The van der Waals surface area contributed by atoms with Crippen LogP contribution in [0, 0.1) is 0 Å². The summed E-state index contributed by atoms with van der Waals surface area (Å²) in [4.78, 5) is 11.0. The molecule has 0 aromatic heterocycles. The lowest BCUT2D eigenvalue weighted by Crippen LogP contribution is -2.47. The van der Waals surface area contributed by atoms with E-state index in [1.165, 1.54) is 32.1 Å². The Morgan fingerprint density at radius 2 is 2.11 bits per heavy atom. The van der Waals surface area contributed by atoms with Gasteiger partial charge in [0.25, 0.3) is 0 Å². The minimum absolute atomic E-state index is 0.157. The van der Waals surface area contributed by atoms with Gasteiger partial charge in [-0.3, -0.25) is 4.79 Å². The molecule has 1 saturated carbocycles. The summed E-state index contributed by atoms with van der Waals surface area (Å²) in [6, 6.07) is -0.834. The number of ether oxygens (including phenoxy) is 1. The van der Waals surface area contributed by atoms with Gasteiger partial charge in [0.2, 0.25) is 0 Å². The zero-order chi connectivity index (χ0) is 14.1. The number of hydrogen-bond acceptors (Lipinski definition) is 4. The number of carbonyl (C=O) groups is 1. The van der Waals surface area contributed by atoms with Gasteiger partial charge in [-0.2, -0.15) is 11.8 Å². The van der Waals surface area contributed by atoms with E-state index in [9.17, 15) is 4.79 Å². The molecule has 3 N–H and O–H groups in total. The number of thioether (sulfide) groups is 1. The Balaban J connectivity index is 1.81. The van der Waals surface area contributed by atoms with Gasteiger partial charge >= 0.3 is 5.97 Å². The molecule has 2 atom stereocenters. The average molecular weight is 287 g/mol. The van der Waals surface area contributed by atoms with Crippen molar-refractivity contribution in [2.45, 2.75) is 74.9 Å². The zero-order valence-electron chi connectivity index (χ0n) is 11.9. The third-order valence-corrected chi connectivity index (χ3v) is 6.05. The van der Waals surface area contributed by atoms with E-state index in [0.717, 1.165) is 12.2 Å². The molecule has 0 aromatic rings. The van der Waals surface area contributed by atoms with E-state index in [2.05, 4.69) is 0 Å². The summed E-state index contributed by atoms with van der Waals surface area (Å²) in [5, 5.41) is 9.01. The summed E-state index contributed by atoms with van der Waals surface area (Å²) >= 11 is 1.62. The molecule has 0 amide bonds. The number of carboxylic acid groups (broad SMARTS) is 1. The molecule has 4 nitrogen and oxygen atoms in total. The highest BCUT2D eigenvalue weighted by Crippen LogP contribution is 2.44. The summed E-state index contributed by atoms with van der Waals surface area (Å²) in [7, 11) is 0. The smallest absolute Gasteiger partial charge is 0.321 e. The minimum atomic E-state index is -0.933. The zero-order valence-corrected chi connectivity index (χ0v) is 12.7. The average Bonchev–Trinajstić information content (AvgIpc) is 2.97. The molecule has 1 heterocycles. The molecule has 1 unspecified atom stereocenters. The Morgan fingerprint density at radius 1 is 1.47 bits per heavy atom. The molecule has 0 bridgehead atoms. The van der Waals surface area contributed by atoms with Crippen molar-refractivity contribution in [1.29, 1.82) is 0 Å². The molecule has 2 fully saturated rings. The van der Waals surface area contributed by atoms with Crippen molar-refractivity contribution >= 4 is 17.7 Å². The highest BCUT2D eigenvalue weighted by Gasteiger charge is 2.43. The molecule has 0 aromatic carbocycles. The van der Waals surface area contributed by atoms with Gasteiger partial charge < -0.3 is 15.6 Å². The van der Waals surface area contributed by atoms with E-state index >= 15 is 0 Å². The molecular formula is C14H25NO3S. The first-order chi connectivity index (χ1) is 8.85. The normalized spacial score (nSPS) is 27.8. The van der Waals surface area contributed by atoms with Crippen LogP contribution in [-0.2, 0) is 9.53 Å². The lowest BCUT2D eigenvalue weighted by atomic mass is 9.98. The van der Waals surface area contributed by atoms with Crippen LogP contribution in [0.15, 0.2) is 0 Å². The van der Waals surface area contributed by atoms with E-state index in [-0.39, 0.29) is 11.7 Å². The first-order valence-corrected chi connectivity index (χ1v) is 8.13. The molecule has 1 aliphatic carbocycles. The fraction of sp³-hybridized carbons (Fsp3) is 0.929. The minimum Gasteiger partial charge on any atom is -0.480 e. The van der Waals surface area contributed by atoms with Crippen LogP contribution in [-0.4, -0.2) is 39.3 Å². The lowest BCUT2D eigenvalue weighted by molar-refractivity contribution is -0.139. The van der Waals surface area contributed by atoms with Crippen molar-refractivity contribution < 1.29 is 14.6 Å². The van der Waals surface area contributed by atoms with Crippen molar-refractivity contribution in [3.63, 3.8) is 0 Å². The molecule has 1 aliphatic heterocycles. The van der Waals surface area contributed by atoms with Crippen molar-refractivity contribution in [3.05, 3.63) is 0 Å². The van der Waals surface area contributed by atoms with Gasteiger partial charge in [-0.05, 0) is 39.5 Å². The van der Waals surface area contributed by atoms with E-state index in [0.29, 0.717) is 0 Å². The fourth-order valence-corrected chi connectivity index (χ4v) is 4.23. The van der Waals surface area contributed by atoms with E-state index in [1.54, 1.807) is 11.8 Å². The number of hydrogen-bond donors (Lipinski definition) is 2. The second kappa shape index (κ2) is 5.62. The van der Waals surface area contributed by atoms with Crippen LogP contribution in [0.3, 0.4) is 0 Å². The summed E-state index contributed by atoms with van der Waals surface area (Å²) in [6.07, 6.45) is 7.51. The predicted molar refractivity (Wildman–Crippen MR) is 77.5 cm³/mol. The standard InChI is InChI=1S/C14H25NO3S/c1-13(2,11(15)12(16)17)19-9-10-5-8-14(18-10)6-3-4-7-14/h10-11H,3-9,15H2,1-2H3,(H,16,17)/t10?,11-/m0/s1. The molecule has 19 heavy (non-hydrogen) atoms. The Morgan fingerprint density at radius 3 is 2.68 bits per heavy atom. The predicted octanol–water partition coefficient (Wildman–Crippen LogP) is 2.40. The van der Waals surface area contributed by atoms with E-state index in [4.69, 9.17) is 15.6 Å². The van der Waals surface area contributed by atoms with Crippen molar-refractivity contribution in [3.8, 4) is 0 Å². The SMILES string of the molecule is CC(C)(SCC1CCC2(CCCC2)O1)[C@@H](N)C(=O)O. The number of carboxylic acids is 1. The Hall–Kier alpha value is -0.260. The molecule has 2 aliphatic rings. The van der Waals surface area contributed by atoms with Gasteiger partial charge in [0.05, 0.1) is 11.7 Å². The summed E-state index contributed by atoms with van der Waals surface area (Å²) < 4.78 is 5.78. The quantitative estimate of drug-likeness (QED) is 0.812. The van der Waals surface area contributed by atoms with Crippen LogP contribution in [0.1, 0.15) is 52.4 Å². The molecule has 5 heteroatoms. The molecule has 110 valence electrons. The lowest BCUT2D eigenvalue weighted by Gasteiger charge is -2.30. The molecular weight excluding hydrogens is 262 g/mol. The third kappa shape index (κ3) is 3.44. The van der Waals surface area contributed by atoms with Gasteiger partial charge in [0.15, 0.2) is 0 Å². The summed E-state index contributed by atoms with van der Waals surface area (Å²) in [5.74, 6) is -0.0903. The van der Waals surface area contributed by atoms with E-state index in [1.807, 2.05) is 13.8 Å². The maximum Gasteiger partial charge on any atom is 0.321 e. The number of rotatable bonds is 5. The topological polar surface area (TPSA) is 72.5 Å². The Kier molecular flexibility index (Phi) is 4.48. The second-order valence-corrected chi connectivity index (χ2v) is 8.07. The largest absolute Gasteiger partial charge is 0.480 e. The third-order valence-electron chi connectivity index (χ3n) is 4.51. The maximum absolute atomic E-state index is 11.0. The van der Waals surface area contributed by atoms with Crippen molar-refractivity contribution in [1.82, 2.24) is 0 Å². The molecule has 2 rings (SSSR count). The van der Waals surface area contributed by atoms with Gasteiger partial charge in [-0.15, -0.1) is 0 Å². The van der Waals surface area contributed by atoms with Gasteiger partial charge in [-0.25, -0.2) is 0 Å². The van der Waals surface area contributed by atoms with Crippen LogP contribution in [0.4, 0.5) is 0 Å². The molecule has 0 radical (unpaired) electrons. The van der Waals surface area contributed by atoms with Crippen LogP contribution in [0.5, 0.6) is 0 Å². The highest BCUT2D eigenvalue weighted by atomic mass is 32.2. The van der Waals surface area contributed by atoms with Crippen LogP contribution >= 0.6 is 11.8 Å². The van der Waals surface area contributed by atoms with E-state index < -0.39 is 16.8 Å². The summed E-state index contributed by atoms with van der Waals surface area (Å²) in [6.45, 7) is 3.80. The Bertz CT molecular complexity index is 340. The van der Waals surface area contributed by atoms with Gasteiger partial charge in [-0.1, -0.05) is 12.8 Å². The van der Waals surface area contributed by atoms with Crippen molar-refractivity contribution in [2.75, 3.05) is 5.75 Å². The monoisotopic (exact) mass is 287 g/mol. The van der Waals surface area contributed by atoms with Crippen LogP contribution in [0.25, 0.3) is 0 Å². The van der Waals surface area contributed by atoms with Crippen molar-refractivity contribution in [2.24, 2.45) is 5.73 Å². The first-order valence-electron chi connectivity index (χ1n) is 7.15.